The van der Waals surface area contributed by atoms with Gasteiger partial charge < -0.3 is 10.2 Å². The first-order chi connectivity index (χ1) is 13.1. The lowest BCUT2D eigenvalue weighted by molar-refractivity contribution is 0.584. The van der Waals surface area contributed by atoms with Crippen LogP contribution in [0.4, 0.5) is 5.82 Å². The van der Waals surface area contributed by atoms with E-state index in [1.807, 2.05) is 24.9 Å². The summed E-state index contributed by atoms with van der Waals surface area (Å²) >= 11 is 1.44. The van der Waals surface area contributed by atoms with Crippen LogP contribution in [0, 0.1) is 6.92 Å². The first kappa shape index (κ1) is 16.4. The molecule has 27 heavy (non-hydrogen) atoms. The lowest BCUT2D eigenvalue weighted by Gasteiger charge is -2.27. The largest absolute Gasteiger partial charge is 0.354 e. The van der Waals surface area contributed by atoms with Crippen molar-refractivity contribution in [2.45, 2.75) is 6.92 Å². The molecule has 1 aromatic carbocycles. The van der Waals surface area contributed by atoms with Gasteiger partial charge in [-0.15, -0.1) is 0 Å². The number of fused-ring (bicyclic) bond motifs is 2. The molecule has 0 unspecified atom stereocenters. The highest BCUT2D eigenvalue weighted by Gasteiger charge is 2.17. The van der Waals surface area contributed by atoms with Gasteiger partial charge in [-0.25, -0.2) is 4.98 Å². The summed E-state index contributed by atoms with van der Waals surface area (Å²) in [5.41, 5.74) is 2.91. The summed E-state index contributed by atoms with van der Waals surface area (Å²) in [5.74, 6) is 0.732. The maximum absolute atomic E-state index is 12.6. The van der Waals surface area contributed by atoms with Gasteiger partial charge in [0.05, 0.1) is 5.52 Å². The van der Waals surface area contributed by atoms with E-state index in [9.17, 15) is 4.79 Å². The number of hydrogen-bond donors (Lipinski definition) is 1. The first-order valence-electron chi connectivity index (χ1n) is 8.89. The Labute approximate surface area is 159 Å². The standard InChI is InChI=1S/C18H19N7OS/c1-11-7-12(8-13-10-23(2)21-16(11)13)17-22-25-15(26)9-14(20-18(25)27-17)24-5-3-19-4-6-24/h7-10,19H,3-6H2,1-2H3. The molecular formula is C18H19N7OS. The number of aromatic nitrogens is 5. The third-order valence-electron chi connectivity index (χ3n) is 4.83. The Balaban J connectivity index is 1.62. The lowest BCUT2D eigenvalue weighted by atomic mass is 10.1. The van der Waals surface area contributed by atoms with E-state index in [1.165, 1.54) is 15.9 Å². The summed E-state index contributed by atoms with van der Waals surface area (Å²) in [7, 11) is 1.91. The third-order valence-corrected chi connectivity index (χ3v) is 5.79. The second-order valence-corrected chi connectivity index (χ2v) is 7.78. The van der Waals surface area contributed by atoms with Gasteiger partial charge in [0.25, 0.3) is 5.56 Å². The minimum atomic E-state index is -0.143. The van der Waals surface area contributed by atoms with E-state index in [-0.39, 0.29) is 5.56 Å². The Hall–Kier alpha value is -2.78. The molecule has 0 atom stereocenters. The van der Waals surface area contributed by atoms with Gasteiger partial charge in [0.2, 0.25) is 4.96 Å². The molecule has 1 fully saturated rings. The van der Waals surface area contributed by atoms with Gasteiger partial charge in [-0.05, 0) is 24.6 Å². The fourth-order valence-corrected chi connectivity index (χ4v) is 4.41. The zero-order valence-corrected chi connectivity index (χ0v) is 16.0. The molecule has 1 aliphatic heterocycles. The molecule has 1 N–H and O–H groups in total. The quantitative estimate of drug-likeness (QED) is 0.566. The van der Waals surface area contributed by atoms with Crippen molar-refractivity contribution in [3.8, 4) is 10.6 Å². The van der Waals surface area contributed by atoms with Crippen molar-refractivity contribution in [2.24, 2.45) is 7.05 Å². The van der Waals surface area contributed by atoms with Crippen LogP contribution in [0.1, 0.15) is 5.56 Å². The molecule has 1 aliphatic rings. The van der Waals surface area contributed by atoms with Crippen LogP contribution in [0.5, 0.6) is 0 Å². The summed E-state index contributed by atoms with van der Waals surface area (Å²) in [6.07, 6.45) is 1.99. The fraction of sp³-hybridized carbons (Fsp3) is 0.333. The third kappa shape index (κ3) is 2.79. The van der Waals surface area contributed by atoms with E-state index < -0.39 is 0 Å². The molecule has 9 heteroatoms. The van der Waals surface area contributed by atoms with Crippen LogP contribution in [0.25, 0.3) is 26.4 Å². The molecular weight excluding hydrogens is 362 g/mol. The van der Waals surface area contributed by atoms with Gasteiger partial charge in [0.1, 0.15) is 10.8 Å². The molecule has 4 heterocycles. The molecule has 1 saturated heterocycles. The summed E-state index contributed by atoms with van der Waals surface area (Å²) in [6.45, 7) is 5.55. The van der Waals surface area contributed by atoms with Crippen LogP contribution in [0.3, 0.4) is 0 Å². The second-order valence-electron chi connectivity index (χ2n) is 6.82. The minimum absolute atomic E-state index is 0.143. The van der Waals surface area contributed by atoms with Crippen LogP contribution in [0.2, 0.25) is 0 Å². The second kappa shape index (κ2) is 6.14. The summed E-state index contributed by atoms with van der Waals surface area (Å²) in [4.78, 5) is 20.0. The van der Waals surface area contributed by atoms with Crippen molar-refractivity contribution in [3.63, 3.8) is 0 Å². The smallest absolute Gasteiger partial charge is 0.277 e. The van der Waals surface area contributed by atoms with Crippen LogP contribution < -0.4 is 15.8 Å². The van der Waals surface area contributed by atoms with Gasteiger partial charge in [-0.1, -0.05) is 11.3 Å². The number of benzene rings is 1. The lowest BCUT2D eigenvalue weighted by Crippen LogP contribution is -2.44. The number of nitrogens with one attached hydrogen (secondary N) is 1. The van der Waals surface area contributed by atoms with Gasteiger partial charge in [-0.2, -0.15) is 14.7 Å². The Bertz CT molecular complexity index is 1220. The highest BCUT2D eigenvalue weighted by atomic mass is 32.1. The minimum Gasteiger partial charge on any atom is -0.354 e. The Morgan fingerprint density at radius 3 is 2.78 bits per heavy atom. The summed E-state index contributed by atoms with van der Waals surface area (Å²) in [6, 6.07) is 5.71. The van der Waals surface area contributed by atoms with E-state index in [4.69, 9.17) is 4.98 Å². The zero-order valence-electron chi connectivity index (χ0n) is 15.1. The highest BCUT2D eigenvalue weighted by molar-refractivity contribution is 7.19. The number of piperazine rings is 1. The van der Waals surface area contributed by atoms with Gasteiger partial charge in [0.15, 0.2) is 0 Å². The number of aryl methyl sites for hydroxylation is 2. The molecule has 0 saturated carbocycles. The summed E-state index contributed by atoms with van der Waals surface area (Å²) in [5, 5.41) is 14.2. The molecule has 138 valence electrons. The molecule has 0 spiro atoms. The normalized spacial score (nSPS) is 15.1. The Kier molecular flexibility index (Phi) is 3.73. The number of hydrogen-bond acceptors (Lipinski definition) is 7. The first-order valence-corrected chi connectivity index (χ1v) is 9.71. The maximum atomic E-state index is 12.6. The Morgan fingerprint density at radius 1 is 1.15 bits per heavy atom. The number of nitrogens with zero attached hydrogens (tertiary/aromatic N) is 6. The molecule has 3 aromatic heterocycles. The van der Waals surface area contributed by atoms with Gasteiger partial charge in [0, 0.05) is 56.4 Å². The van der Waals surface area contributed by atoms with E-state index in [0.29, 0.717) is 4.96 Å². The van der Waals surface area contributed by atoms with Gasteiger partial charge >= 0.3 is 0 Å². The topological polar surface area (TPSA) is 80.4 Å². The molecule has 4 aromatic rings. The van der Waals surface area contributed by atoms with Crippen molar-refractivity contribution < 1.29 is 0 Å². The molecule has 0 amide bonds. The maximum Gasteiger partial charge on any atom is 0.277 e. The average molecular weight is 381 g/mol. The molecule has 0 aliphatic carbocycles. The fourth-order valence-electron chi connectivity index (χ4n) is 3.53. The summed E-state index contributed by atoms with van der Waals surface area (Å²) < 4.78 is 3.21. The zero-order chi connectivity index (χ0) is 18.5. The molecule has 5 rings (SSSR count). The number of anilines is 1. The van der Waals surface area contributed by atoms with E-state index in [0.717, 1.165) is 59.0 Å². The van der Waals surface area contributed by atoms with Crippen LogP contribution in [-0.2, 0) is 7.05 Å². The predicted molar refractivity (Wildman–Crippen MR) is 107 cm³/mol. The number of rotatable bonds is 2. The molecule has 0 bridgehead atoms. The monoisotopic (exact) mass is 381 g/mol. The van der Waals surface area contributed by atoms with E-state index in [1.54, 1.807) is 6.07 Å². The van der Waals surface area contributed by atoms with Gasteiger partial charge in [-0.3, -0.25) is 9.48 Å². The van der Waals surface area contributed by atoms with E-state index in [2.05, 4.69) is 32.5 Å². The van der Waals surface area contributed by atoms with Crippen molar-refractivity contribution in [2.75, 3.05) is 31.1 Å². The molecule has 0 radical (unpaired) electrons. The highest BCUT2D eigenvalue weighted by Crippen LogP contribution is 2.29. The molecule has 8 nitrogen and oxygen atoms in total. The van der Waals surface area contributed by atoms with Crippen LogP contribution in [0.15, 0.2) is 29.2 Å². The Morgan fingerprint density at radius 2 is 1.96 bits per heavy atom. The van der Waals surface area contributed by atoms with Crippen molar-refractivity contribution in [1.82, 2.24) is 29.7 Å². The van der Waals surface area contributed by atoms with Crippen molar-refractivity contribution >= 4 is 33.0 Å². The SMILES string of the molecule is Cc1cc(-c2nn3c(=O)cc(N4CCNCC4)nc3s2)cc2cn(C)nc12. The van der Waals surface area contributed by atoms with E-state index >= 15 is 0 Å². The van der Waals surface area contributed by atoms with Crippen LogP contribution >= 0.6 is 11.3 Å². The van der Waals surface area contributed by atoms with Crippen molar-refractivity contribution in [1.29, 1.82) is 0 Å². The predicted octanol–water partition coefficient (Wildman–Crippen LogP) is 1.42. The average Bonchev–Trinajstić information content (AvgIpc) is 3.26. The van der Waals surface area contributed by atoms with Crippen molar-refractivity contribution in [3.05, 3.63) is 40.3 Å². The van der Waals surface area contributed by atoms with Crippen LogP contribution in [-0.4, -0.2) is 50.6 Å².